The van der Waals surface area contributed by atoms with Gasteiger partial charge in [0.25, 0.3) is 0 Å². The molecule has 0 fully saturated rings. The maximum absolute atomic E-state index is 12.3. The fourth-order valence-electron chi connectivity index (χ4n) is 1.62. The third-order valence-electron chi connectivity index (χ3n) is 2.59. The maximum Gasteiger partial charge on any atom is 0.357 e. The molecule has 0 aliphatic rings. The lowest BCUT2D eigenvalue weighted by Crippen LogP contribution is -2.12. The molecule has 6 nitrogen and oxygen atoms in total. The van der Waals surface area contributed by atoms with E-state index in [1.165, 1.54) is 11.6 Å². The number of aromatic nitrogens is 2. The van der Waals surface area contributed by atoms with Crippen molar-refractivity contribution in [3.63, 3.8) is 0 Å². The molecular weight excluding hydrogens is 290 g/mol. The molecule has 2 aromatic heterocycles. The first kappa shape index (κ1) is 14.8. The van der Waals surface area contributed by atoms with E-state index < -0.39 is 17.7 Å². The number of carbonyl (C=O) groups is 2. The zero-order chi connectivity index (χ0) is 15.2. The van der Waals surface area contributed by atoms with Crippen LogP contribution in [0.5, 0.6) is 0 Å². The minimum absolute atomic E-state index is 0.107. The number of carbonyl (C=O) groups excluding carboxylic acids is 2. The van der Waals surface area contributed by atoms with Crippen LogP contribution in [0.2, 0.25) is 0 Å². The highest BCUT2D eigenvalue weighted by atomic mass is 32.1. The van der Waals surface area contributed by atoms with Crippen molar-refractivity contribution in [1.29, 1.82) is 5.26 Å². The SMILES string of the molecule is CCOC(=O)c1csc(C(C#N)C(=O)c2cccnc2)n1. The Morgan fingerprint density at radius 3 is 2.95 bits per heavy atom. The number of nitrogens with zero attached hydrogens (tertiary/aromatic N) is 3. The molecule has 0 amide bonds. The zero-order valence-corrected chi connectivity index (χ0v) is 12.0. The number of ether oxygens (including phenoxy) is 1. The summed E-state index contributed by atoms with van der Waals surface area (Å²) in [6, 6.07) is 5.12. The van der Waals surface area contributed by atoms with Gasteiger partial charge < -0.3 is 4.74 Å². The second-order valence-electron chi connectivity index (χ2n) is 3.96. The van der Waals surface area contributed by atoms with Crippen LogP contribution in [0.25, 0.3) is 0 Å². The molecule has 0 bridgehead atoms. The molecule has 1 unspecified atom stereocenters. The number of rotatable bonds is 5. The van der Waals surface area contributed by atoms with Crippen LogP contribution in [0, 0.1) is 11.3 Å². The van der Waals surface area contributed by atoms with Crippen molar-refractivity contribution in [2.45, 2.75) is 12.8 Å². The summed E-state index contributed by atoms with van der Waals surface area (Å²) in [5.74, 6) is -2.01. The lowest BCUT2D eigenvalue weighted by atomic mass is 10.0. The smallest absolute Gasteiger partial charge is 0.357 e. The molecule has 0 spiro atoms. The number of hydrogen-bond donors (Lipinski definition) is 0. The molecule has 1 atom stereocenters. The first-order chi connectivity index (χ1) is 10.2. The van der Waals surface area contributed by atoms with Crippen molar-refractivity contribution in [3.8, 4) is 6.07 Å². The van der Waals surface area contributed by atoms with Crippen LogP contribution in [0.1, 0.15) is 38.7 Å². The van der Waals surface area contributed by atoms with Gasteiger partial charge in [0, 0.05) is 23.3 Å². The zero-order valence-electron chi connectivity index (χ0n) is 11.1. The van der Waals surface area contributed by atoms with Crippen molar-refractivity contribution in [3.05, 3.63) is 46.2 Å². The van der Waals surface area contributed by atoms with E-state index >= 15 is 0 Å². The number of Topliss-reactive ketones (excluding diaryl/α,β-unsaturated/α-hetero) is 1. The molecule has 0 aliphatic carbocycles. The minimum Gasteiger partial charge on any atom is -0.461 e. The van der Waals surface area contributed by atoms with Crippen molar-refractivity contribution < 1.29 is 14.3 Å². The first-order valence-corrected chi connectivity index (χ1v) is 7.01. The van der Waals surface area contributed by atoms with Gasteiger partial charge in [-0.3, -0.25) is 9.78 Å². The van der Waals surface area contributed by atoms with E-state index in [-0.39, 0.29) is 17.3 Å². The fourth-order valence-corrected chi connectivity index (χ4v) is 2.45. The predicted molar refractivity (Wildman–Crippen MR) is 75.0 cm³/mol. The number of ketones is 1. The predicted octanol–water partition coefficient (Wildman–Crippen LogP) is 2.20. The van der Waals surface area contributed by atoms with Gasteiger partial charge in [-0.2, -0.15) is 5.26 Å². The Bertz CT molecular complexity index is 691. The molecular formula is C14H11N3O3S. The molecule has 0 N–H and O–H groups in total. The van der Waals surface area contributed by atoms with E-state index in [0.717, 1.165) is 11.3 Å². The Morgan fingerprint density at radius 2 is 2.33 bits per heavy atom. The Labute approximate surface area is 125 Å². The molecule has 2 rings (SSSR count). The Hall–Kier alpha value is -2.59. The minimum atomic E-state index is -1.05. The van der Waals surface area contributed by atoms with Crippen molar-refractivity contribution in [2.75, 3.05) is 6.61 Å². The van der Waals surface area contributed by atoms with Gasteiger partial charge in [0.2, 0.25) is 0 Å². The van der Waals surface area contributed by atoms with Crippen molar-refractivity contribution in [1.82, 2.24) is 9.97 Å². The Kier molecular flexibility index (Phi) is 4.74. The van der Waals surface area contributed by atoms with Gasteiger partial charge >= 0.3 is 5.97 Å². The van der Waals surface area contributed by atoms with Gasteiger partial charge in [-0.15, -0.1) is 11.3 Å². The molecule has 0 aliphatic heterocycles. The molecule has 0 saturated carbocycles. The summed E-state index contributed by atoms with van der Waals surface area (Å²) in [5, 5.41) is 11.0. The summed E-state index contributed by atoms with van der Waals surface area (Å²) in [6.45, 7) is 1.93. The summed E-state index contributed by atoms with van der Waals surface area (Å²) in [6.07, 6.45) is 2.94. The number of thiazole rings is 1. The quantitative estimate of drug-likeness (QED) is 0.621. The monoisotopic (exact) mass is 301 g/mol. The molecule has 0 radical (unpaired) electrons. The van der Waals surface area contributed by atoms with Gasteiger partial charge in [0.1, 0.15) is 5.01 Å². The van der Waals surface area contributed by atoms with Gasteiger partial charge in [-0.25, -0.2) is 9.78 Å². The number of pyridine rings is 1. The second-order valence-corrected chi connectivity index (χ2v) is 4.85. The summed E-state index contributed by atoms with van der Waals surface area (Å²) < 4.78 is 4.83. The highest BCUT2D eigenvalue weighted by Gasteiger charge is 2.26. The lowest BCUT2D eigenvalue weighted by molar-refractivity contribution is 0.0519. The largest absolute Gasteiger partial charge is 0.461 e. The van der Waals surface area contributed by atoms with Gasteiger partial charge in [0.15, 0.2) is 17.4 Å². The molecule has 21 heavy (non-hydrogen) atoms. The van der Waals surface area contributed by atoms with Crippen molar-refractivity contribution >= 4 is 23.1 Å². The average Bonchev–Trinajstić information content (AvgIpc) is 2.99. The van der Waals surface area contributed by atoms with Crippen LogP contribution in [-0.2, 0) is 4.74 Å². The number of esters is 1. The van der Waals surface area contributed by atoms with E-state index in [4.69, 9.17) is 4.74 Å². The highest BCUT2D eigenvalue weighted by Crippen LogP contribution is 2.24. The third kappa shape index (κ3) is 3.30. The van der Waals surface area contributed by atoms with Crippen LogP contribution in [0.4, 0.5) is 0 Å². The molecule has 2 aromatic rings. The number of hydrogen-bond acceptors (Lipinski definition) is 7. The lowest BCUT2D eigenvalue weighted by Gasteiger charge is -2.04. The second kappa shape index (κ2) is 6.72. The van der Waals surface area contributed by atoms with Crippen LogP contribution in [-0.4, -0.2) is 28.3 Å². The van der Waals surface area contributed by atoms with E-state index in [0.29, 0.717) is 5.56 Å². The van der Waals surface area contributed by atoms with E-state index in [9.17, 15) is 14.9 Å². The molecule has 7 heteroatoms. The topological polar surface area (TPSA) is 92.9 Å². The summed E-state index contributed by atoms with van der Waals surface area (Å²) >= 11 is 1.08. The maximum atomic E-state index is 12.3. The van der Waals surface area contributed by atoms with E-state index in [1.54, 1.807) is 25.3 Å². The highest BCUT2D eigenvalue weighted by molar-refractivity contribution is 7.10. The summed E-state index contributed by atoms with van der Waals surface area (Å²) in [5.41, 5.74) is 0.438. The summed E-state index contributed by atoms with van der Waals surface area (Å²) in [7, 11) is 0. The Morgan fingerprint density at radius 1 is 1.52 bits per heavy atom. The first-order valence-electron chi connectivity index (χ1n) is 6.13. The van der Waals surface area contributed by atoms with Gasteiger partial charge in [-0.05, 0) is 19.1 Å². The third-order valence-corrected chi connectivity index (χ3v) is 3.50. The molecule has 2 heterocycles. The van der Waals surface area contributed by atoms with Crippen LogP contribution >= 0.6 is 11.3 Å². The summed E-state index contributed by atoms with van der Waals surface area (Å²) in [4.78, 5) is 31.7. The molecule has 106 valence electrons. The van der Waals surface area contributed by atoms with Crippen LogP contribution < -0.4 is 0 Å². The average molecular weight is 301 g/mol. The van der Waals surface area contributed by atoms with Gasteiger partial charge in [0.05, 0.1) is 12.7 Å². The Balaban J connectivity index is 2.25. The molecule has 0 saturated heterocycles. The van der Waals surface area contributed by atoms with Crippen LogP contribution in [0.3, 0.4) is 0 Å². The van der Waals surface area contributed by atoms with Gasteiger partial charge in [-0.1, -0.05) is 0 Å². The fraction of sp³-hybridized carbons (Fsp3) is 0.214. The molecule has 0 aromatic carbocycles. The standard InChI is InChI=1S/C14H11N3O3S/c1-2-20-14(19)11-8-21-13(17-11)10(6-15)12(18)9-4-3-5-16-7-9/h3-5,7-8,10H,2H2,1H3. The van der Waals surface area contributed by atoms with E-state index in [2.05, 4.69) is 9.97 Å². The van der Waals surface area contributed by atoms with Crippen LogP contribution in [0.15, 0.2) is 29.9 Å². The van der Waals surface area contributed by atoms with E-state index in [1.807, 2.05) is 6.07 Å². The normalized spacial score (nSPS) is 11.4. The number of nitriles is 1. The van der Waals surface area contributed by atoms with Crippen molar-refractivity contribution in [2.24, 2.45) is 0 Å².